The quantitative estimate of drug-likeness (QED) is 0.831. The highest BCUT2D eigenvalue weighted by Gasteiger charge is 2.39. The van der Waals surface area contributed by atoms with Crippen LogP contribution in [0.1, 0.15) is 6.42 Å². The predicted octanol–water partition coefficient (Wildman–Crippen LogP) is -0.168. The SMILES string of the molecule is O=C(Cn1cc(Cl)cn1)N1CC[C@@](O)(CN2CCOCC2)C1. The van der Waals surface area contributed by atoms with Crippen LogP contribution >= 0.6 is 11.6 Å². The minimum Gasteiger partial charge on any atom is -0.387 e. The number of rotatable bonds is 4. The van der Waals surface area contributed by atoms with Gasteiger partial charge in [0.15, 0.2) is 0 Å². The van der Waals surface area contributed by atoms with Crippen molar-refractivity contribution in [2.45, 2.75) is 18.6 Å². The van der Waals surface area contributed by atoms with E-state index in [0.717, 1.165) is 13.1 Å². The van der Waals surface area contributed by atoms with E-state index in [0.29, 0.717) is 44.3 Å². The normalized spacial score (nSPS) is 26.5. The number of morpholine rings is 1. The Morgan fingerprint density at radius 3 is 2.86 bits per heavy atom. The van der Waals surface area contributed by atoms with Gasteiger partial charge in [-0.25, -0.2) is 0 Å². The van der Waals surface area contributed by atoms with Crippen LogP contribution in [0.4, 0.5) is 0 Å². The van der Waals surface area contributed by atoms with Gasteiger partial charge in [0.2, 0.25) is 5.91 Å². The molecule has 8 heteroatoms. The summed E-state index contributed by atoms with van der Waals surface area (Å²) in [5.74, 6) is -0.0438. The van der Waals surface area contributed by atoms with E-state index in [2.05, 4.69) is 10.00 Å². The summed E-state index contributed by atoms with van der Waals surface area (Å²) in [5.41, 5.74) is -0.825. The summed E-state index contributed by atoms with van der Waals surface area (Å²) >= 11 is 5.79. The van der Waals surface area contributed by atoms with Gasteiger partial charge in [0.05, 0.1) is 36.6 Å². The maximum absolute atomic E-state index is 12.3. The number of amides is 1. The molecule has 122 valence electrons. The molecule has 1 aromatic heterocycles. The average molecular weight is 329 g/mol. The maximum atomic E-state index is 12.3. The van der Waals surface area contributed by atoms with Gasteiger partial charge in [-0.2, -0.15) is 5.10 Å². The number of carbonyl (C=O) groups excluding carboxylic acids is 1. The number of ether oxygens (including phenoxy) is 1. The van der Waals surface area contributed by atoms with Crippen LogP contribution in [0.15, 0.2) is 12.4 Å². The Morgan fingerprint density at radius 2 is 2.18 bits per heavy atom. The van der Waals surface area contributed by atoms with Gasteiger partial charge in [0.1, 0.15) is 6.54 Å². The van der Waals surface area contributed by atoms with Gasteiger partial charge in [-0.15, -0.1) is 0 Å². The van der Waals surface area contributed by atoms with Gasteiger partial charge < -0.3 is 14.7 Å². The first-order valence-electron chi connectivity index (χ1n) is 7.52. The largest absolute Gasteiger partial charge is 0.387 e. The molecule has 1 atom stereocenters. The third-order valence-corrected chi connectivity index (χ3v) is 4.40. The smallest absolute Gasteiger partial charge is 0.244 e. The lowest BCUT2D eigenvalue weighted by Crippen LogP contribution is -2.49. The van der Waals surface area contributed by atoms with E-state index in [9.17, 15) is 9.90 Å². The Labute approximate surface area is 134 Å². The lowest BCUT2D eigenvalue weighted by atomic mass is 10.0. The molecule has 7 nitrogen and oxygen atoms in total. The molecular formula is C14H21ClN4O3. The summed E-state index contributed by atoms with van der Waals surface area (Å²) < 4.78 is 6.83. The second kappa shape index (κ2) is 6.54. The molecule has 0 bridgehead atoms. The summed E-state index contributed by atoms with van der Waals surface area (Å²) in [5, 5.41) is 15.2. The molecule has 0 radical (unpaired) electrons. The number of nitrogens with zero attached hydrogens (tertiary/aromatic N) is 4. The third-order valence-electron chi connectivity index (χ3n) is 4.21. The molecule has 2 fully saturated rings. The van der Waals surface area contributed by atoms with Crippen molar-refractivity contribution < 1.29 is 14.6 Å². The minimum absolute atomic E-state index is 0.0438. The van der Waals surface area contributed by atoms with Crippen molar-refractivity contribution in [2.24, 2.45) is 0 Å². The summed E-state index contributed by atoms with van der Waals surface area (Å²) in [4.78, 5) is 16.2. The summed E-state index contributed by atoms with van der Waals surface area (Å²) in [6.45, 7) is 4.78. The summed E-state index contributed by atoms with van der Waals surface area (Å²) in [7, 11) is 0. The number of aromatic nitrogens is 2. The van der Waals surface area contributed by atoms with E-state index in [-0.39, 0.29) is 12.5 Å². The summed E-state index contributed by atoms with van der Waals surface area (Å²) in [6.07, 6.45) is 3.74. The van der Waals surface area contributed by atoms with Crippen molar-refractivity contribution in [3.8, 4) is 0 Å². The fourth-order valence-electron chi connectivity index (χ4n) is 3.04. The minimum atomic E-state index is -0.825. The Morgan fingerprint density at radius 1 is 1.41 bits per heavy atom. The highest BCUT2D eigenvalue weighted by Crippen LogP contribution is 2.23. The Hall–Kier alpha value is -1.15. The van der Waals surface area contributed by atoms with Crippen LogP contribution in [0.5, 0.6) is 0 Å². The lowest BCUT2D eigenvalue weighted by Gasteiger charge is -2.33. The van der Waals surface area contributed by atoms with Gasteiger partial charge in [-0.3, -0.25) is 14.4 Å². The fourth-order valence-corrected chi connectivity index (χ4v) is 3.19. The van der Waals surface area contributed by atoms with E-state index in [1.807, 2.05) is 0 Å². The molecule has 1 amide bonds. The van der Waals surface area contributed by atoms with E-state index in [4.69, 9.17) is 16.3 Å². The average Bonchev–Trinajstić information content (AvgIpc) is 3.06. The molecular weight excluding hydrogens is 308 g/mol. The van der Waals surface area contributed by atoms with Gasteiger partial charge in [-0.05, 0) is 6.42 Å². The highest BCUT2D eigenvalue weighted by atomic mass is 35.5. The number of likely N-dealkylation sites (tertiary alicyclic amines) is 1. The molecule has 3 heterocycles. The topological polar surface area (TPSA) is 70.8 Å². The zero-order valence-electron chi connectivity index (χ0n) is 12.4. The van der Waals surface area contributed by atoms with Crippen LogP contribution in [0, 0.1) is 0 Å². The van der Waals surface area contributed by atoms with Crippen LogP contribution in [0.3, 0.4) is 0 Å². The molecule has 0 spiro atoms. The molecule has 1 aromatic rings. The zero-order valence-corrected chi connectivity index (χ0v) is 13.2. The van der Waals surface area contributed by atoms with Gasteiger partial charge in [-0.1, -0.05) is 11.6 Å². The van der Waals surface area contributed by atoms with Crippen LogP contribution in [-0.2, 0) is 16.1 Å². The van der Waals surface area contributed by atoms with Gasteiger partial charge in [0, 0.05) is 32.4 Å². The number of aliphatic hydroxyl groups is 1. The van der Waals surface area contributed by atoms with Crippen molar-refractivity contribution in [3.63, 3.8) is 0 Å². The second-order valence-electron chi connectivity index (χ2n) is 6.03. The first-order chi connectivity index (χ1) is 10.5. The van der Waals surface area contributed by atoms with Gasteiger partial charge >= 0.3 is 0 Å². The van der Waals surface area contributed by atoms with E-state index in [1.54, 1.807) is 11.1 Å². The molecule has 0 aromatic carbocycles. The fraction of sp³-hybridized carbons (Fsp3) is 0.714. The molecule has 1 N–H and O–H groups in total. The molecule has 0 aliphatic carbocycles. The van der Waals surface area contributed by atoms with Crippen molar-refractivity contribution in [2.75, 3.05) is 45.9 Å². The molecule has 2 saturated heterocycles. The molecule has 2 aliphatic rings. The van der Waals surface area contributed by atoms with Crippen LogP contribution in [-0.4, -0.2) is 82.1 Å². The number of carbonyl (C=O) groups is 1. The third kappa shape index (κ3) is 3.78. The van der Waals surface area contributed by atoms with Crippen LogP contribution in [0.25, 0.3) is 0 Å². The lowest BCUT2D eigenvalue weighted by molar-refractivity contribution is -0.132. The molecule has 2 aliphatic heterocycles. The van der Waals surface area contributed by atoms with Crippen molar-refractivity contribution >= 4 is 17.5 Å². The molecule has 0 unspecified atom stereocenters. The first-order valence-corrected chi connectivity index (χ1v) is 7.90. The monoisotopic (exact) mass is 328 g/mol. The van der Waals surface area contributed by atoms with Gasteiger partial charge in [0.25, 0.3) is 0 Å². The van der Waals surface area contributed by atoms with E-state index in [1.165, 1.54) is 10.9 Å². The van der Waals surface area contributed by atoms with Crippen molar-refractivity contribution in [3.05, 3.63) is 17.4 Å². The molecule has 22 heavy (non-hydrogen) atoms. The van der Waals surface area contributed by atoms with Crippen LogP contribution < -0.4 is 0 Å². The zero-order chi connectivity index (χ0) is 15.6. The number of β-amino-alcohol motifs (C(OH)–C–C–N with tert-alkyl or cyclic N) is 1. The van der Waals surface area contributed by atoms with Crippen LogP contribution in [0.2, 0.25) is 5.02 Å². The Bertz CT molecular complexity index is 532. The van der Waals surface area contributed by atoms with Crippen molar-refractivity contribution in [1.82, 2.24) is 19.6 Å². The Balaban J connectivity index is 1.53. The molecule has 0 saturated carbocycles. The Kier molecular flexibility index (Phi) is 4.67. The molecule has 3 rings (SSSR count). The predicted molar refractivity (Wildman–Crippen MR) is 80.6 cm³/mol. The first kappa shape index (κ1) is 15.7. The maximum Gasteiger partial charge on any atom is 0.244 e. The van der Waals surface area contributed by atoms with E-state index < -0.39 is 5.60 Å². The second-order valence-corrected chi connectivity index (χ2v) is 6.47. The summed E-state index contributed by atoms with van der Waals surface area (Å²) in [6, 6.07) is 0. The number of hydrogen-bond acceptors (Lipinski definition) is 5. The standard InChI is InChI=1S/C14H21ClN4O3/c15-12-7-16-19(8-12)9-13(20)18-2-1-14(21,11-18)10-17-3-5-22-6-4-17/h7-8,21H,1-6,9-11H2/t14-/m1/s1. The highest BCUT2D eigenvalue weighted by molar-refractivity contribution is 6.30. The number of hydrogen-bond donors (Lipinski definition) is 1. The van der Waals surface area contributed by atoms with Crippen molar-refractivity contribution in [1.29, 1.82) is 0 Å². The number of halogens is 1. The van der Waals surface area contributed by atoms with E-state index >= 15 is 0 Å².